The van der Waals surface area contributed by atoms with Crippen LogP contribution in [0.5, 0.6) is 0 Å². The number of halogens is 1. The molecule has 0 bridgehead atoms. The van der Waals surface area contributed by atoms with Crippen LogP contribution < -0.4 is 10.7 Å². The lowest BCUT2D eigenvalue weighted by atomic mass is 10.3. The van der Waals surface area contributed by atoms with Crippen LogP contribution in [-0.4, -0.2) is 17.1 Å². The lowest BCUT2D eigenvalue weighted by Gasteiger charge is -2.12. The number of carbonyl (C=O) groups is 1. The van der Waals surface area contributed by atoms with Crippen molar-refractivity contribution in [3.05, 3.63) is 52.8 Å². The Balaban J connectivity index is 1.90. The average Bonchev–Trinajstić information content (AvgIpc) is 2.70. The molecule has 0 aliphatic heterocycles. The van der Waals surface area contributed by atoms with Crippen molar-refractivity contribution in [1.29, 1.82) is 0 Å². The van der Waals surface area contributed by atoms with E-state index in [0.717, 1.165) is 17.1 Å². The van der Waals surface area contributed by atoms with Gasteiger partial charge in [-0.05, 0) is 50.2 Å². The summed E-state index contributed by atoms with van der Waals surface area (Å²) in [4.78, 5) is 11.8. The van der Waals surface area contributed by atoms with Crippen LogP contribution >= 0.6 is 11.6 Å². The van der Waals surface area contributed by atoms with Crippen molar-refractivity contribution in [2.75, 3.05) is 17.3 Å². The van der Waals surface area contributed by atoms with Crippen LogP contribution in [0.3, 0.4) is 0 Å². The molecular formula is C14H16ClN3O. The molecule has 1 amide bonds. The predicted molar refractivity (Wildman–Crippen MR) is 78.2 cm³/mol. The summed E-state index contributed by atoms with van der Waals surface area (Å²) in [5.74, 6) is -0.102. The SMILES string of the molecule is Cc1ccc(C)n1NCC(=O)Nc1ccc(Cl)cc1. The van der Waals surface area contributed by atoms with E-state index in [1.807, 2.05) is 30.7 Å². The Bertz CT molecular complexity index is 555. The fraction of sp³-hybridized carbons (Fsp3) is 0.214. The molecule has 1 aromatic carbocycles. The van der Waals surface area contributed by atoms with Gasteiger partial charge in [-0.15, -0.1) is 0 Å². The Labute approximate surface area is 117 Å². The van der Waals surface area contributed by atoms with Crippen molar-refractivity contribution < 1.29 is 4.79 Å². The van der Waals surface area contributed by atoms with E-state index in [4.69, 9.17) is 11.6 Å². The highest BCUT2D eigenvalue weighted by molar-refractivity contribution is 6.30. The number of amides is 1. The van der Waals surface area contributed by atoms with E-state index in [0.29, 0.717) is 5.02 Å². The van der Waals surface area contributed by atoms with Crippen molar-refractivity contribution in [2.45, 2.75) is 13.8 Å². The Hall–Kier alpha value is -1.94. The fourth-order valence-electron chi connectivity index (χ4n) is 1.81. The molecule has 0 saturated heterocycles. The van der Waals surface area contributed by atoms with E-state index in [-0.39, 0.29) is 12.5 Å². The highest BCUT2D eigenvalue weighted by Gasteiger charge is 2.04. The van der Waals surface area contributed by atoms with Crippen LogP contribution in [-0.2, 0) is 4.79 Å². The molecule has 0 aliphatic rings. The molecule has 0 aliphatic carbocycles. The topological polar surface area (TPSA) is 46.1 Å². The zero-order valence-corrected chi connectivity index (χ0v) is 11.7. The van der Waals surface area contributed by atoms with E-state index in [1.165, 1.54) is 0 Å². The summed E-state index contributed by atoms with van der Waals surface area (Å²) in [6.45, 7) is 4.17. The van der Waals surface area contributed by atoms with Crippen LogP contribution in [0, 0.1) is 13.8 Å². The molecule has 2 N–H and O–H groups in total. The lowest BCUT2D eigenvalue weighted by Crippen LogP contribution is -2.28. The van der Waals surface area contributed by atoms with Crippen molar-refractivity contribution >= 4 is 23.2 Å². The summed E-state index contributed by atoms with van der Waals surface area (Å²) < 4.78 is 1.89. The van der Waals surface area contributed by atoms with Gasteiger partial charge in [0.2, 0.25) is 5.91 Å². The summed E-state index contributed by atoms with van der Waals surface area (Å²) in [6, 6.07) is 11.0. The summed E-state index contributed by atoms with van der Waals surface area (Å²) >= 11 is 5.78. The number of aryl methyl sites for hydroxylation is 2. The summed E-state index contributed by atoms with van der Waals surface area (Å²) in [5.41, 5.74) is 5.94. The van der Waals surface area contributed by atoms with Crippen LogP contribution in [0.15, 0.2) is 36.4 Å². The van der Waals surface area contributed by atoms with Gasteiger partial charge in [-0.2, -0.15) is 0 Å². The van der Waals surface area contributed by atoms with E-state index in [2.05, 4.69) is 10.7 Å². The smallest absolute Gasteiger partial charge is 0.245 e. The number of carbonyl (C=O) groups excluding carboxylic acids is 1. The highest BCUT2D eigenvalue weighted by atomic mass is 35.5. The molecule has 2 rings (SSSR count). The second-order valence-corrected chi connectivity index (χ2v) is 4.78. The molecule has 5 heteroatoms. The van der Waals surface area contributed by atoms with Gasteiger partial charge >= 0.3 is 0 Å². The van der Waals surface area contributed by atoms with Gasteiger partial charge < -0.3 is 10.7 Å². The third-order valence-corrected chi connectivity index (χ3v) is 3.05. The normalized spacial score (nSPS) is 10.3. The summed E-state index contributed by atoms with van der Waals surface area (Å²) in [5, 5.41) is 3.44. The van der Waals surface area contributed by atoms with Gasteiger partial charge in [0.05, 0.1) is 0 Å². The standard InChI is InChI=1S/C14H16ClN3O/c1-10-3-4-11(2)18(10)16-9-14(19)17-13-7-5-12(15)6-8-13/h3-8,16H,9H2,1-2H3,(H,17,19). The second kappa shape index (κ2) is 5.80. The molecule has 2 aromatic rings. The molecule has 19 heavy (non-hydrogen) atoms. The van der Waals surface area contributed by atoms with E-state index < -0.39 is 0 Å². The van der Waals surface area contributed by atoms with Crippen LogP contribution in [0.4, 0.5) is 5.69 Å². The van der Waals surface area contributed by atoms with E-state index in [1.54, 1.807) is 24.3 Å². The van der Waals surface area contributed by atoms with Crippen molar-refractivity contribution in [3.63, 3.8) is 0 Å². The number of benzene rings is 1. The average molecular weight is 278 g/mol. The second-order valence-electron chi connectivity index (χ2n) is 4.34. The minimum absolute atomic E-state index is 0.102. The molecule has 0 fully saturated rings. The third kappa shape index (κ3) is 3.51. The Morgan fingerprint density at radius 1 is 1.11 bits per heavy atom. The number of nitrogens with one attached hydrogen (secondary N) is 2. The summed E-state index contributed by atoms with van der Waals surface area (Å²) in [6.07, 6.45) is 0. The van der Waals surface area contributed by atoms with Crippen molar-refractivity contribution in [1.82, 2.24) is 4.68 Å². The number of hydrogen-bond donors (Lipinski definition) is 2. The molecule has 0 spiro atoms. The van der Waals surface area contributed by atoms with E-state index in [9.17, 15) is 4.79 Å². The molecule has 0 radical (unpaired) electrons. The van der Waals surface area contributed by atoms with Gasteiger partial charge in [-0.1, -0.05) is 11.6 Å². The first-order chi connectivity index (χ1) is 9.06. The third-order valence-electron chi connectivity index (χ3n) is 2.80. The van der Waals surface area contributed by atoms with Gasteiger partial charge in [0.1, 0.15) is 6.54 Å². The first-order valence-electron chi connectivity index (χ1n) is 6.00. The molecule has 0 unspecified atom stereocenters. The largest absolute Gasteiger partial charge is 0.325 e. The summed E-state index contributed by atoms with van der Waals surface area (Å²) in [7, 11) is 0. The first-order valence-corrected chi connectivity index (χ1v) is 6.38. The Morgan fingerprint density at radius 2 is 1.68 bits per heavy atom. The van der Waals surface area contributed by atoms with Gasteiger partial charge in [0.15, 0.2) is 0 Å². The van der Waals surface area contributed by atoms with Crippen molar-refractivity contribution in [3.8, 4) is 0 Å². The molecule has 100 valence electrons. The van der Waals surface area contributed by atoms with Crippen LogP contribution in [0.25, 0.3) is 0 Å². The number of aromatic nitrogens is 1. The minimum atomic E-state index is -0.102. The molecule has 1 heterocycles. The monoisotopic (exact) mass is 277 g/mol. The maximum absolute atomic E-state index is 11.8. The zero-order chi connectivity index (χ0) is 13.8. The highest BCUT2D eigenvalue weighted by Crippen LogP contribution is 2.13. The zero-order valence-electron chi connectivity index (χ0n) is 10.9. The molecule has 0 saturated carbocycles. The molecule has 1 aromatic heterocycles. The number of anilines is 1. The van der Waals surface area contributed by atoms with Gasteiger partial charge in [0.25, 0.3) is 0 Å². The molecule has 4 nitrogen and oxygen atoms in total. The van der Waals surface area contributed by atoms with Crippen LogP contribution in [0.1, 0.15) is 11.4 Å². The Morgan fingerprint density at radius 3 is 2.26 bits per heavy atom. The fourth-order valence-corrected chi connectivity index (χ4v) is 1.93. The van der Waals surface area contributed by atoms with Gasteiger partial charge in [0, 0.05) is 22.1 Å². The predicted octanol–water partition coefficient (Wildman–Crippen LogP) is 2.94. The van der Waals surface area contributed by atoms with Crippen LogP contribution in [0.2, 0.25) is 5.02 Å². The minimum Gasteiger partial charge on any atom is -0.325 e. The lowest BCUT2D eigenvalue weighted by molar-refractivity contribution is -0.114. The van der Waals surface area contributed by atoms with E-state index >= 15 is 0 Å². The van der Waals surface area contributed by atoms with Gasteiger partial charge in [-0.25, -0.2) is 0 Å². The maximum atomic E-state index is 11.8. The molecular weight excluding hydrogens is 262 g/mol. The first kappa shape index (κ1) is 13.5. The number of hydrogen-bond acceptors (Lipinski definition) is 2. The Kier molecular flexibility index (Phi) is 4.12. The number of nitrogens with zero attached hydrogens (tertiary/aromatic N) is 1. The molecule has 0 atom stereocenters. The van der Waals surface area contributed by atoms with Crippen molar-refractivity contribution in [2.24, 2.45) is 0 Å². The van der Waals surface area contributed by atoms with Gasteiger partial charge in [-0.3, -0.25) is 9.47 Å². The number of rotatable bonds is 4. The maximum Gasteiger partial charge on any atom is 0.245 e. The quantitative estimate of drug-likeness (QED) is 0.903.